The molecule has 1 heterocycles. The summed E-state index contributed by atoms with van der Waals surface area (Å²) < 4.78 is 4.76. The number of nitrogens with two attached hydrogens (primary N) is 1. The number of amides is 1. The molecule has 1 amide bonds. The molecule has 0 aromatic carbocycles. The molecule has 1 saturated carbocycles. The first kappa shape index (κ1) is 14.6. The summed E-state index contributed by atoms with van der Waals surface area (Å²) in [6, 6.07) is 0.346. The van der Waals surface area contributed by atoms with E-state index < -0.39 is 5.97 Å². The fourth-order valence-corrected chi connectivity index (χ4v) is 3.10. The van der Waals surface area contributed by atoms with Crippen molar-refractivity contribution in [1.82, 2.24) is 5.32 Å². The Balaban J connectivity index is 2.34. The van der Waals surface area contributed by atoms with Crippen LogP contribution in [-0.2, 0) is 4.74 Å². The number of methoxy groups -OCH3 is 1. The van der Waals surface area contributed by atoms with Crippen molar-refractivity contribution in [2.24, 2.45) is 0 Å². The van der Waals surface area contributed by atoms with Crippen LogP contribution in [0.4, 0.5) is 10.7 Å². The Bertz CT molecular complexity index is 523. The molecule has 0 saturated heterocycles. The van der Waals surface area contributed by atoms with Crippen molar-refractivity contribution < 1.29 is 14.3 Å². The van der Waals surface area contributed by atoms with Crippen molar-refractivity contribution >= 4 is 33.9 Å². The molecule has 1 aliphatic rings. The highest BCUT2D eigenvalue weighted by Crippen LogP contribution is 2.38. The number of carbonyl (C=O) groups is 2. The van der Waals surface area contributed by atoms with E-state index in [0.717, 1.165) is 12.8 Å². The van der Waals surface area contributed by atoms with Gasteiger partial charge in [-0.2, -0.15) is 0 Å². The second-order valence-electron chi connectivity index (χ2n) is 4.67. The van der Waals surface area contributed by atoms with Gasteiger partial charge in [0.1, 0.15) is 15.4 Å². The van der Waals surface area contributed by atoms with Crippen molar-refractivity contribution in [3.05, 3.63) is 10.4 Å². The third kappa shape index (κ3) is 2.72. The maximum absolute atomic E-state index is 12.0. The molecule has 1 aromatic rings. The summed E-state index contributed by atoms with van der Waals surface area (Å²) in [6.45, 7) is 2.34. The van der Waals surface area contributed by atoms with Crippen molar-refractivity contribution in [3.8, 4) is 0 Å². The number of anilines is 2. The summed E-state index contributed by atoms with van der Waals surface area (Å²) in [5.41, 5.74) is 6.41. The van der Waals surface area contributed by atoms with Gasteiger partial charge < -0.3 is 21.1 Å². The number of hydrogen-bond donors (Lipinski definition) is 3. The van der Waals surface area contributed by atoms with E-state index >= 15 is 0 Å². The highest BCUT2D eigenvalue weighted by atomic mass is 32.1. The van der Waals surface area contributed by atoms with Crippen molar-refractivity contribution in [1.29, 1.82) is 0 Å². The van der Waals surface area contributed by atoms with Gasteiger partial charge in [0.25, 0.3) is 5.91 Å². The molecule has 0 radical (unpaired) electrons. The number of hydrogen-bond acceptors (Lipinski definition) is 6. The van der Waals surface area contributed by atoms with E-state index in [9.17, 15) is 9.59 Å². The Morgan fingerprint density at radius 1 is 1.45 bits per heavy atom. The molecule has 7 heteroatoms. The lowest BCUT2D eigenvalue weighted by molar-refractivity contribution is 0.0603. The number of rotatable bonds is 5. The van der Waals surface area contributed by atoms with Gasteiger partial charge in [0.2, 0.25) is 0 Å². The maximum Gasteiger partial charge on any atom is 0.343 e. The summed E-state index contributed by atoms with van der Waals surface area (Å²) in [6.07, 6.45) is 3.30. The number of carbonyl (C=O) groups excluding carboxylic acids is 2. The smallest absolute Gasteiger partial charge is 0.343 e. The molecule has 0 atom stereocenters. The highest BCUT2D eigenvalue weighted by molar-refractivity contribution is 7.19. The summed E-state index contributed by atoms with van der Waals surface area (Å²) in [5.74, 6) is -0.780. The molecule has 0 bridgehead atoms. The van der Waals surface area contributed by atoms with Gasteiger partial charge in [-0.05, 0) is 26.2 Å². The van der Waals surface area contributed by atoms with E-state index in [2.05, 4.69) is 10.6 Å². The normalized spacial score (nSPS) is 14.5. The Morgan fingerprint density at radius 3 is 2.65 bits per heavy atom. The SMILES string of the molecule is CCNC(=O)c1sc(NC2CCC2)c(C(=O)OC)c1N. The lowest BCUT2D eigenvalue weighted by Gasteiger charge is -2.27. The van der Waals surface area contributed by atoms with E-state index in [1.165, 1.54) is 24.9 Å². The van der Waals surface area contributed by atoms with Crippen LogP contribution in [0.15, 0.2) is 0 Å². The number of ether oxygens (including phenoxy) is 1. The Labute approximate surface area is 121 Å². The van der Waals surface area contributed by atoms with Crippen LogP contribution in [0, 0.1) is 0 Å². The number of esters is 1. The number of nitrogens with one attached hydrogen (secondary N) is 2. The van der Waals surface area contributed by atoms with Crippen LogP contribution in [0.2, 0.25) is 0 Å². The molecule has 110 valence electrons. The molecule has 1 fully saturated rings. The number of nitrogen functional groups attached to an aromatic ring is 1. The topological polar surface area (TPSA) is 93.5 Å². The van der Waals surface area contributed by atoms with Crippen LogP contribution < -0.4 is 16.4 Å². The first-order valence-electron chi connectivity index (χ1n) is 6.63. The third-order valence-electron chi connectivity index (χ3n) is 3.32. The van der Waals surface area contributed by atoms with Gasteiger partial charge in [-0.25, -0.2) is 4.79 Å². The minimum Gasteiger partial charge on any atom is -0.465 e. The van der Waals surface area contributed by atoms with Gasteiger partial charge in [0.05, 0.1) is 12.8 Å². The molecule has 2 rings (SSSR count). The van der Waals surface area contributed by atoms with Crippen LogP contribution in [0.3, 0.4) is 0 Å². The summed E-state index contributed by atoms with van der Waals surface area (Å²) in [7, 11) is 1.30. The van der Waals surface area contributed by atoms with E-state index in [1.54, 1.807) is 0 Å². The number of thiophene rings is 1. The zero-order valence-electron chi connectivity index (χ0n) is 11.6. The largest absolute Gasteiger partial charge is 0.465 e. The second-order valence-corrected chi connectivity index (χ2v) is 5.69. The van der Waals surface area contributed by atoms with Crippen LogP contribution >= 0.6 is 11.3 Å². The van der Waals surface area contributed by atoms with Gasteiger partial charge in [-0.1, -0.05) is 0 Å². The molecular weight excluding hydrogens is 278 g/mol. The predicted molar refractivity (Wildman–Crippen MR) is 79.3 cm³/mol. The van der Waals surface area contributed by atoms with Gasteiger partial charge >= 0.3 is 5.97 Å². The van der Waals surface area contributed by atoms with Crippen molar-refractivity contribution in [2.45, 2.75) is 32.2 Å². The Kier molecular flexibility index (Phi) is 4.49. The highest BCUT2D eigenvalue weighted by Gasteiger charge is 2.28. The van der Waals surface area contributed by atoms with Gasteiger partial charge in [-0.3, -0.25) is 4.79 Å². The maximum atomic E-state index is 12.0. The van der Waals surface area contributed by atoms with Crippen molar-refractivity contribution in [2.75, 3.05) is 24.7 Å². The summed E-state index contributed by atoms with van der Waals surface area (Å²) >= 11 is 1.21. The molecule has 4 N–H and O–H groups in total. The van der Waals surface area contributed by atoms with Gasteiger partial charge in [0.15, 0.2) is 0 Å². The molecular formula is C13H19N3O3S. The summed E-state index contributed by atoms with van der Waals surface area (Å²) in [5, 5.41) is 6.60. The van der Waals surface area contributed by atoms with E-state index in [4.69, 9.17) is 10.5 Å². The summed E-state index contributed by atoms with van der Waals surface area (Å²) in [4.78, 5) is 24.2. The third-order valence-corrected chi connectivity index (χ3v) is 4.45. The fourth-order valence-electron chi connectivity index (χ4n) is 2.00. The second kappa shape index (κ2) is 6.13. The van der Waals surface area contributed by atoms with E-state index in [1.807, 2.05) is 6.92 Å². The monoisotopic (exact) mass is 297 g/mol. The minimum atomic E-state index is -0.517. The minimum absolute atomic E-state index is 0.189. The first-order valence-corrected chi connectivity index (χ1v) is 7.45. The van der Waals surface area contributed by atoms with Gasteiger partial charge in [-0.15, -0.1) is 11.3 Å². The zero-order chi connectivity index (χ0) is 14.7. The van der Waals surface area contributed by atoms with Crippen LogP contribution in [0.25, 0.3) is 0 Å². The zero-order valence-corrected chi connectivity index (χ0v) is 12.4. The van der Waals surface area contributed by atoms with Crippen LogP contribution in [0.5, 0.6) is 0 Å². The van der Waals surface area contributed by atoms with Crippen LogP contribution in [-0.4, -0.2) is 31.6 Å². The van der Waals surface area contributed by atoms with Crippen LogP contribution in [0.1, 0.15) is 46.2 Å². The van der Waals surface area contributed by atoms with Crippen molar-refractivity contribution in [3.63, 3.8) is 0 Å². The lowest BCUT2D eigenvalue weighted by Crippen LogP contribution is -2.27. The quantitative estimate of drug-likeness (QED) is 0.721. The molecule has 20 heavy (non-hydrogen) atoms. The molecule has 1 aromatic heterocycles. The molecule has 0 spiro atoms. The van der Waals surface area contributed by atoms with Gasteiger partial charge in [0, 0.05) is 12.6 Å². The first-order chi connectivity index (χ1) is 9.58. The Morgan fingerprint density at radius 2 is 2.15 bits per heavy atom. The Hall–Kier alpha value is -1.76. The molecule has 0 unspecified atom stereocenters. The standard InChI is InChI=1S/C13H19N3O3S/c1-3-15-11(17)10-9(14)8(13(18)19-2)12(20-10)16-7-5-4-6-7/h7,16H,3-6,14H2,1-2H3,(H,15,17). The average Bonchev–Trinajstić information content (AvgIpc) is 2.70. The van der Waals surface area contributed by atoms with E-state index in [0.29, 0.717) is 22.5 Å². The van der Waals surface area contributed by atoms with E-state index in [-0.39, 0.29) is 17.2 Å². The molecule has 0 aliphatic heterocycles. The average molecular weight is 297 g/mol. The molecule has 1 aliphatic carbocycles. The fraction of sp³-hybridized carbons (Fsp3) is 0.538. The lowest BCUT2D eigenvalue weighted by atomic mass is 9.93. The molecule has 6 nitrogen and oxygen atoms in total. The predicted octanol–water partition coefficient (Wildman–Crippen LogP) is 1.83.